The number of ketones is 1. The molecule has 0 aliphatic heterocycles. The highest BCUT2D eigenvalue weighted by Gasteiger charge is 2.11. The van der Waals surface area contributed by atoms with Crippen molar-refractivity contribution in [3.05, 3.63) is 42.0 Å². The summed E-state index contributed by atoms with van der Waals surface area (Å²) in [7, 11) is 1.69. The van der Waals surface area contributed by atoms with Gasteiger partial charge in [-0.3, -0.25) is 9.78 Å². The van der Waals surface area contributed by atoms with Crippen molar-refractivity contribution in [2.75, 3.05) is 0 Å². The van der Waals surface area contributed by atoms with Crippen molar-refractivity contribution in [2.45, 2.75) is 6.42 Å². The molecular weight excluding hydrogens is 192 g/mol. The van der Waals surface area contributed by atoms with E-state index in [4.69, 9.17) is 0 Å². The summed E-state index contributed by atoms with van der Waals surface area (Å²) < 4.78 is 1.46. The van der Waals surface area contributed by atoms with Crippen molar-refractivity contribution >= 4 is 5.78 Å². The van der Waals surface area contributed by atoms with E-state index in [1.54, 1.807) is 13.2 Å². The van der Waals surface area contributed by atoms with Crippen LogP contribution in [0.1, 0.15) is 16.2 Å². The highest BCUT2D eigenvalue weighted by atomic mass is 16.1. The van der Waals surface area contributed by atoms with Crippen LogP contribution >= 0.6 is 0 Å². The molecule has 0 aliphatic carbocycles. The van der Waals surface area contributed by atoms with E-state index in [1.165, 1.54) is 10.9 Å². The van der Waals surface area contributed by atoms with Gasteiger partial charge >= 0.3 is 0 Å². The number of hydrogen-bond acceptors (Lipinski definition) is 4. The molecule has 0 bridgehead atoms. The van der Waals surface area contributed by atoms with Gasteiger partial charge in [-0.25, -0.2) is 4.68 Å². The van der Waals surface area contributed by atoms with Crippen molar-refractivity contribution in [2.24, 2.45) is 7.05 Å². The maximum Gasteiger partial charge on any atom is 0.188 e. The molecule has 2 heterocycles. The van der Waals surface area contributed by atoms with Crippen LogP contribution in [0.15, 0.2) is 30.6 Å². The maximum atomic E-state index is 11.8. The Morgan fingerprint density at radius 1 is 1.47 bits per heavy atom. The Kier molecular flexibility index (Phi) is 2.53. The molecule has 0 aliphatic rings. The van der Waals surface area contributed by atoms with Gasteiger partial charge in [0.1, 0.15) is 5.69 Å². The summed E-state index contributed by atoms with van der Waals surface area (Å²) in [5.74, 6) is -0.0267. The third kappa shape index (κ3) is 2.07. The minimum absolute atomic E-state index is 0.0267. The number of hydrogen-bond donors (Lipinski definition) is 0. The fourth-order valence-corrected chi connectivity index (χ4v) is 1.30. The Bertz CT molecular complexity index is 463. The van der Waals surface area contributed by atoms with Crippen LogP contribution in [0.5, 0.6) is 0 Å². The first kappa shape index (κ1) is 9.51. The Morgan fingerprint density at radius 3 is 2.93 bits per heavy atom. The van der Waals surface area contributed by atoms with E-state index in [0.717, 1.165) is 5.69 Å². The predicted octanol–water partition coefficient (Wildman–Crippen LogP) is 0.635. The number of carbonyl (C=O) groups excluding carboxylic acids is 1. The van der Waals surface area contributed by atoms with Crippen molar-refractivity contribution in [1.82, 2.24) is 20.0 Å². The zero-order valence-corrected chi connectivity index (χ0v) is 8.29. The zero-order chi connectivity index (χ0) is 10.7. The van der Waals surface area contributed by atoms with Gasteiger partial charge in [0.05, 0.1) is 12.6 Å². The quantitative estimate of drug-likeness (QED) is 0.685. The van der Waals surface area contributed by atoms with Crippen LogP contribution in [0.4, 0.5) is 0 Å². The van der Waals surface area contributed by atoms with E-state index in [1.807, 2.05) is 18.2 Å². The lowest BCUT2D eigenvalue weighted by Crippen LogP contribution is -2.10. The third-order valence-electron chi connectivity index (χ3n) is 2.07. The lowest BCUT2D eigenvalue weighted by Gasteiger charge is -1.99. The number of pyridine rings is 1. The average Bonchev–Trinajstić information content (AvgIpc) is 2.66. The van der Waals surface area contributed by atoms with Crippen LogP contribution in [0, 0.1) is 0 Å². The van der Waals surface area contributed by atoms with Crippen LogP contribution < -0.4 is 0 Å². The van der Waals surface area contributed by atoms with E-state index in [-0.39, 0.29) is 12.2 Å². The summed E-state index contributed by atoms with van der Waals surface area (Å²) in [6.45, 7) is 0. The number of rotatable bonds is 3. The minimum atomic E-state index is -0.0267. The molecule has 5 heteroatoms. The molecule has 76 valence electrons. The highest BCUT2D eigenvalue weighted by molar-refractivity contribution is 5.95. The molecule has 0 saturated heterocycles. The molecule has 2 aromatic heterocycles. The van der Waals surface area contributed by atoms with Crippen LogP contribution in [0.2, 0.25) is 0 Å². The molecular formula is C10H10N4O. The molecule has 0 spiro atoms. The predicted molar refractivity (Wildman–Crippen MR) is 53.3 cm³/mol. The first-order valence-electron chi connectivity index (χ1n) is 4.55. The van der Waals surface area contributed by atoms with Gasteiger partial charge in [0.25, 0.3) is 0 Å². The number of carbonyl (C=O) groups is 1. The van der Waals surface area contributed by atoms with Crippen LogP contribution in [-0.4, -0.2) is 25.8 Å². The number of aryl methyl sites for hydroxylation is 1. The lowest BCUT2D eigenvalue weighted by molar-refractivity contribution is 0.0983. The van der Waals surface area contributed by atoms with E-state index >= 15 is 0 Å². The smallest absolute Gasteiger partial charge is 0.188 e. The van der Waals surface area contributed by atoms with E-state index in [2.05, 4.69) is 15.3 Å². The fraction of sp³-hybridized carbons (Fsp3) is 0.200. The summed E-state index contributed by atoms with van der Waals surface area (Å²) in [6.07, 6.45) is 3.41. The monoisotopic (exact) mass is 202 g/mol. The van der Waals surface area contributed by atoms with Crippen LogP contribution in [0.3, 0.4) is 0 Å². The van der Waals surface area contributed by atoms with Crippen molar-refractivity contribution in [3.63, 3.8) is 0 Å². The van der Waals surface area contributed by atoms with Gasteiger partial charge in [0.2, 0.25) is 0 Å². The molecule has 0 amide bonds. The molecule has 0 N–H and O–H groups in total. The molecule has 0 radical (unpaired) electrons. The van der Waals surface area contributed by atoms with E-state index in [9.17, 15) is 4.79 Å². The first-order valence-corrected chi connectivity index (χ1v) is 4.55. The van der Waals surface area contributed by atoms with Gasteiger partial charge in [-0.05, 0) is 12.1 Å². The topological polar surface area (TPSA) is 60.7 Å². The molecule has 0 unspecified atom stereocenters. The van der Waals surface area contributed by atoms with Gasteiger partial charge in [0, 0.05) is 18.9 Å². The van der Waals surface area contributed by atoms with Crippen LogP contribution in [0.25, 0.3) is 0 Å². The summed E-state index contributed by atoms with van der Waals surface area (Å²) in [5.41, 5.74) is 1.25. The summed E-state index contributed by atoms with van der Waals surface area (Å²) in [6, 6.07) is 5.50. The molecule has 0 saturated carbocycles. The Labute approximate surface area is 86.8 Å². The van der Waals surface area contributed by atoms with Gasteiger partial charge in [-0.2, -0.15) is 0 Å². The number of Topliss-reactive ketones (excluding diaryl/α,β-unsaturated/α-hetero) is 1. The largest absolute Gasteiger partial charge is 0.292 e. The second-order valence-electron chi connectivity index (χ2n) is 3.16. The molecule has 0 atom stereocenters. The van der Waals surface area contributed by atoms with Gasteiger partial charge < -0.3 is 0 Å². The normalized spacial score (nSPS) is 10.2. The second-order valence-corrected chi connectivity index (χ2v) is 3.16. The first-order chi connectivity index (χ1) is 7.27. The van der Waals surface area contributed by atoms with Crippen LogP contribution in [-0.2, 0) is 13.5 Å². The summed E-state index contributed by atoms with van der Waals surface area (Å²) in [4.78, 5) is 15.8. The zero-order valence-electron chi connectivity index (χ0n) is 8.29. The lowest BCUT2D eigenvalue weighted by atomic mass is 10.1. The highest BCUT2D eigenvalue weighted by Crippen LogP contribution is 2.02. The Balaban J connectivity index is 2.15. The van der Waals surface area contributed by atoms with Crippen molar-refractivity contribution < 1.29 is 4.79 Å². The second kappa shape index (κ2) is 4.00. The fourth-order valence-electron chi connectivity index (χ4n) is 1.30. The Hall–Kier alpha value is -2.04. The average molecular weight is 202 g/mol. The third-order valence-corrected chi connectivity index (χ3v) is 2.07. The summed E-state index contributed by atoms with van der Waals surface area (Å²) >= 11 is 0. The SMILES string of the molecule is Cn1nncc1C(=O)Cc1ccccn1. The number of nitrogens with zero attached hydrogens (tertiary/aromatic N) is 4. The standard InChI is InChI=1S/C10H10N4O/c1-14-9(7-12-13-14)10(15)6-8-4-2-3-5-11-8/h2-5,7H,6H2,1H3. The minimum Gasteiger partial charge on any atom is -0.292 e. The van der Waals surface area contributed by atoms with E-state index < -0.39 is 0 Å². The maximum absolute atomic E-state index is 11.8. The van der Waals surface area contributed by atoms with E-state index in [0.29, 0.717) is 5.69 Å². The van der Waals surface area contributed by atoms with Crippen molar-refractivity contribution in [1.29, 1.82) is 0 Å². The Morgan fingerprint density at radius 2 is 2.33 bits per heavy atom. The molecule has 15 heavy (non-hydrogen) atoms. The molecule has 2 rings (SSSR count). The number of aromatic nitrogens is 4. The molecule has 0 aromatic carbocycles. The summed E-state index contributed by atoms with van der Waals surface area (Å²) in [5, 5.41) is 7.36. The molecule has 5 nitrogen and oxygen atoms in total. The molecule has 0 fully saturated rings. The van der Waals surface area contributed by atoms with Crippen molar-refractivity contribution in [3.8, 4) is 0 Å². The molecule has 2 aromatic rings. The van der Waals surface area contributed by atoms with Gasteiger partial charge in [-0.1, -0.05) is 11.3 Å². The van der Waals surface area contributed by atoms with Gasteiger partial charge in [0.15, 0.2) is 5.78 Å². The van der Waals surface area contributed by atoms with Gasteiger partial charge in [-0.15, -0.1) is 5.10 Å².